The maximum absolute atomic E-state index is 13.8. The number of non-ortho nitro benzene ring substituents is 1. The predicted octanol–water partition coefficient (Wildman–Crippen LogP) is 2.05. The lowest BCUT2D eigenvalue weighted by molar-refractivity contribution is -0.384. The number of hydrogen-bond donors (Lipinski definition) is 0. The average molecular weight is 528 g/mol. The molecular weight excluding hydrogens is 498 g/mol. The molecular formula is C25H29N5O6S. The molecule has 2 aromatic carbocycles. The number of sulfonamides is 1. The topological polar surface area (TPSA) is 124 Å². The van der Waals surface area contributed by atoms with E-state index in [0.29, 0.717) is 13.1 Å². The molecule has 3 aliphatic rings. The number of para-hydroxylation sites is 1. The van der Waals surface area contributed by atoms with Gasteiger partial charge in [0.1, 0.15) is 12.1 Å². The third kappa shape index (κ3) is 4.55. The summed E-state index contributed by atoms with van der Waals surface area (Å²) in [6, 6.07) is 14.3. The molecule has 37 heavy (non-hydrogen) atoms. The van der Waals surface area contributed by atoms with Crippen molar-refractivity contribution in [2.24, 2.45) is 0 Å². The van der Waals surface area contributed by atoms with Crippen molar-refractivity contribution >= 4 is 33.2 Å². The molecule has 2 amide bonds. The van der Waals surface area contributed by atoms with Gasteiger partial charge in [-0.2, -0.15) is 4.31 Å². The fourth-order valence-corrected chi connectivity index (χ4v) is 6.98. The van der Waals surface area contributed by atoms with Crippen molar-refractivity contribution in [3.8, 4) is 0 Å². The Kier molecular flexibility index (Phi) is 6.63. The van der Waals surface area contributed by atoms with Crippen LogP contribution in [-0.4, -0.2) is 84.2 Å². The lowest BCUT2D eigenvalue weighted by atomic mass is 9.86. The molecule has 0 unspecified atom stereocenters. The first-order valence-electron chi connectivity index (χ1n) is 12.4. The zero-order valence-electron chi connectivity index (χ0n) is 20.4. The first kappa shape index (κ1) is 25.2. The van der Waals surface area contributed by atoms with Crippen molar-refractivity contribution in [2.45, 2.75) is 36.1 Å². The number of piperidine rings is 1. The Morgan fingerprint density at radius 2 is 1.57 bits per heavy atom. The Hall–Kier alpha value is -3.51. The van der Waals surface area contributed by atoms with Gasteiger partial charge in [0.05, 0.1) is 16.5 Å². The highest BCUT2D eigenvalue weighted by Gasteiger charge is 2.55. The summed E-state index contributed by atoms with van der Waals surface area (Å²) in [5.41, 5.74) is -0.289. The average Bonchev–Trinajstić information content (AvgIpc) is 3.54. The highest BCUT2D eigenvalue weighted by atomic mass is 32.2. The Bertz CT molecular complexity index is 1290. The van der Waals surface area contributed by atoms with Gasteiger partial charge < -0.3 is 14.7 Å². The van der Waals surface area contributed by atoms with Crippen molar-refractivity contribution in [2.75, 3.05) is 44.3 Å². The van der Waals surface area contributed by atoms with Crippen LogP contribution in [0.2, 0.25) is 0 Å². The van der Waals surface area contributed by atoms with Crippen LogP contribution in [-0.2, 0) is 19.6 Å². The SMILES string of the molecule is O=C(CN1CN(c2ccccc2)C2(CCN(S(=O)(=O)c3ccc([N+](=O)[O-])cc3)CC2)C1=O)N1CCCC1. The van der Waals surface area contributed by atoms with Crippen LogP contribution < -0.4 is 4.90 Å². The summed E-state index contributed by atoms with van der Waals surface area (Å²) in [5.74, 6) is -0.217. The molecule has 3 aliphatic heterocycles. The molecule has 0 saturated carbocycles. The van der Waals surface area contributed by atoms with Crippen molar-refractivity contribution < 1.29 is 22.9 Å². The van der Waals surface area contributed by atoms with E-state index in [1.807, 2.05) is 35.2 Å². The molecule has 11 nitrogen and oxygen atoms in total. The van der Waals surface area contributed by atoms with Crippen LogP contribution in [0, 0.1) is 10.1 Å². The lowest BCUT2D eigenvalue weighted by Crippen LogP contribution is -2.57. The van der Waals surface area contributed by atoms with Gasteiger partial charge in [-0.1, -0.05) is 18.2 Å². The molecule has 0 radical (unpaired) electrons. The van der Waals surface area contributed by atoms with E-state index in [1.165, 1.54) is 28.6 Å². The Labute approximate surface area is 215 Å². The molecule has 0 atom stereocenters. The van der Waals surface area contributed by atoms with Crippen LogP contribution in [0.1, 0.15) is 25.7 Å². The van der Waals surface area contributed by atoms with Crippen molar-refractivity contribution in [1.29, 1.82) is 0 Å². The number of carbonyl (C=O) groups is 2. The third-order valence-electron chi connectivity index (χ3n) is 7.60. The number of nitrogens with zero attached hydrogens (tertiary/aromatic N) is 5. The Morgan fingerprint density at radius 3 is 2.16 bits per heavy atom. The number of benzene rings is 2. The van der Waals surface area contributed by atoms with E-state index in [1.54, 1.807) is 9.80 Å². The van der Waals surface area contributed by atoms with Crippen LogP contribution in [0.15, 0.2) is 59.5 Å². The first-order chi connectivity index (χ1) is 17.7. The largest absolute Gasteiger partial charge is 0.341 e. The Morgan fingerprint density at radius 1 is 0.946 bits per heavy atom. The molecule has 0 N–H and O–H groups in total. The first-order valence-corrected chi connectivity index (χ1v) is 13.8. The minimum absolute atomic E-state index is 0.00866. The number of carbonyl (C=O) groups excluding carboxylic acids is 2. The van der Waals surface area contributed by atoms with Crippen LogP contribution >= 0.6 is 0 Å². The van der Waals surface area contributed by atoms with Gasteiger partial charge in [0.15, 0.2) is 0 Å². The zero-order chi connectivity index (χ0) is 26.2. The molecule has 0 aromatic heterocycles. The number of hydrogen-bond acceptors (Lipinski definition) is 7. The van der Waals surface area contributed by atoms with Gasteiger partial charge in [-0.3, -0.25) is 19.7 Å². The summed E-state index contributed by atoms with van der Waals surface area (Å²) in [5, 5.41) is 10.9. The minimum atomic E-state index is -3.89. The highest BCUT2D eigenvalue weighted by Crippen LogP contribution is 2.40. The van der Waals surface area contributed by atoms with Crippen LogP contribution in [0.4, 0.5) is 11.4 Å². The van der Waals surface area contributed by atoms with Crippen molar-refractivity contribution in [1.82, 2.24) is 14.1 Å². The van der Waals surface area contributed by atoms with Crippen molar-refractivity contribution in [3.05, 3.63) is 64.7 Å². The summed E-state index contributed by atoms with van der Waals surface area (Å²) >= 11 is 0. The number of amides is 2. The lowest BCUT2D eigenvalue weighted by Gasteiger charge is -2.42. The standard InChI is InChI=1S/C25H29N5O6S/c31-23(26-14-4-5-15-26)18-27-19-29(20-6-2-1-3-7-20)25(24(27)32)12-16-28(17-13-25)37(35,36)22-10-8-21(9-11-22)30(33)34/h1-3,6-11H,4-5,12-19H2. The molecule has 0 aliphatic carbocycles. The molecule has 2 aromatic rings. The summed E-state index contributed by atoms with van der Waals surface area (Å²) in [7, 11) is -3.89. The molecule has 3 heterocycles. The van der Waals surface area contributed by atoms with Gasteiger partial charge in [0, 0.05) is 44.0 Å². The summed E-state index contributed by atoms with van der Waals surface area (Å²) in [4.78, 5) is 42.4. The van der Waals surface area contributed by atoms with E-state index in [2.05, 4.69) is 0 Å². The second-order valence-corrected chi connectivity index (χ2v) is 11.6. The summed E-state index contributed by atoms with van der Waals surface area (Å²) in [6.45, 7) is 1.92. The van der Waals surface area contributed by atoms with E-state index in [4.69, 9.17) is 0 Å². The summed E-state index contributed by atoms with van der Waals surface area (Å²) in [6.07, 6.45) is 2.47. The van der Waals surface area contributed by atoms with Crippen LogP contribution in [0.25, 0.3) is 0 Å². The number of nitro benzene ring substituents is 1. The van der Waals surface area contributed by atoms with Gasteiger partial charge in [-0.15, -0.1) is 0 Å². The van der Waals surface area contributed by atoms with E-state index in [-0.39, 0.29) is 61.5 Å². The highest BCUT2D eigenvalue weighted by molar-refractivity contribution is 7.89. The molecule has 1 spiro atoms. The maximum atomic E-state index is 13.8. The molecule has 12 heteroatoms. The monoisotopic (exact) mass is 527 g/mol. The van der Waals surface area contributed by atoms with E-state index in [9.17, 15) is 28.1 Å². The maximum Gasteiger partial charge on any atom is 0.269 e. The van der Waals surface area contributed by atoms with E-state index in [0.717, 1.165) is 18.5 Å². The molecule has 3 saturated heterocycles. The number of anilines is 1. The fourth-order valence-electron chi connectivity index (χ4n) is 5.54. The fraction of sp³-hybridized carbons (Fsp3) is 0.440. The number of rotatable bonds is 6. The second kappa shape index (κ2) is 9.75. The van der Waals surface area contributed by atoms with E-state index >= 15 is 0 Å². The molecule has 5 rings (SSSR count). The minimum Gasteiger partial charge on any atom is -0.341 e. The van der Waals surface area contributed by atoms with Crippen LogP contribution in [0.5, 0.6) is 0 Å². The molecule has 3 fully saturated rings. The van der Waals surface area contributed by atoms with E-state index < -0.39 is 20.5 Å². The summed E-state index contributed by atoms with van der Waals surface area (Å²) < 4.78 is 27.8. The Balaban J connectivity index is 1.37. The number of nitro groups is 1. The molecule has 196 valence electrons. The number of likely N-dealkylation sites (tertiary alicyclic amines) is 1. The normalized spacial score (nSPS) is 20.1. The second-order valence-electron chi connectivity index (χ2n) is 9.68. The van der Waals surface area contributed by atoms with Gasteiger partial charge in [0.25, 0.3) is 5.69 Å². The zero-order valence-corrected chi connectivity index (χ0v) is 21.2. The van der Waals surface area contributed by atoms with Gasteiger partial charge in [-0.25, -0.2) is 8.42 Å². The predicted molar refractivity (Wildman–Crippen MR) is 135 cm³/mol. The smallest absolute Gasteiger partial charge is 0.269 e. The molecule has 0 bridgehead atoms. The van der Waals surface area contributed by atoms with Gasteiger partial charge in [-0.05, 0) is 49.9 Å². The van der Waals surface area contributed by atoms with Crippen LogP contribution in [0.3, 0.4) is 0 Å². The third-order valence-corrected chi connectivity index (χ3v) is 9.51. The van der Waals surface area contributed by atoms with Gasteiger partial charge >= 0.3 is 0 Å². The van der Waals surface area contributed by atoms with Crippen molar-refractivity contribution in [3.63, 3.8) is 0 Å². The van der Waals surface area contributed by atoms with Gasteiger partial charge in [0.2, 0.25) is 21.8 Å². The quantitative estimate of drug-likeness (QED) is 0.416.